The van der Waals surface area contributed by atoms with Crippen molar-refractivity contribution in [3.63, 3.8) is 0 Å². The summed E-state index contributed by atoms with van der Waals surface area (Å²) in [7, 11) is 0. The van der Waals surface area contributed by atoms with Crippen LogP contribution in [0.1, 0.15) is 48.7 Å². The summed E-state index contributed by atoms with van der Waals surface area (Å²) in [6, 6.07) is 23.3. The van der Waals surface area contributed by atoms with E-state index < -0.39 is 5.97 Å². The first kappa shape index (κ1) is 24.0. The molecule has 3 aromatic carbocycles. The number of oxazole rings is 1. The Balaban J connectivity index is 1.47. The summed E-state index contributed by atoms with van der Waals surface area (Å²) in [6.45, 7) is 4.47. The lowest BCUT2D eigenvalue weighted by Gasteiger charge is -2.26. The van der Waals surface area contributed by atoms with Crippen LogP contribution < -0.4 is 10.6 Å². The van der Waals surface area contributed by atoms with Crippen LogP contribution in [0.15, 0.2) is 77.2 Å². The second kappa shape index (κ2) is 10.9. The average molecular weight is 472 g/mol. The number of aliphatic carboxylic acids is 1. The van der Waals surface area contributed by atoms with Crippen LogP contribution in [0, 0.1) is 5.92 Å². The van der Waals surface area contributed by atoms with E-state index in [-0.39, 0.29) is 24.9 Å². The number of carboxylic acid groups (broad SMARTS) is 1. The molecule has 180 valence electrons. The molecule has 2 unspecified atom stereocenters. The molecule has 0 saturated carbocycles. The summed E-state index contributed by atoms with van der Waals surface area (Å²) in [5.74, 6) is -0.263. The van der Waals surface area contributed by atoms with E-state index in [2.05, 4.69) is 41.6 Å². The molecule has 7 heteroatoms. The number of carbonyl (C=O) groups is 2. The van der Waals surface area contributed by atoms with Gasteiger partial charge < -0.3 is 20.2 Å². The zero-order valence-electron chi connectivity index (χ0n) is 19.8. The summed E-state index contributed by atoms with van der Waals surface area (Å²) in [5.41, 5.74) is 5.07. The number of aromatic nitrogens is 1. The predicted molar refractivity (Wildman–Crippen MR) is 136 cm³/mol. The normalized spacial score (nSPS) is 12.7. The van der Waals surface area contributed by atoms with Crippen molar-refractivity contribution in [2.24, 2.45) is 5.92 Å². The molecule has 4 aromatic rings. The van der Waals surface area contributed by atoms with E-state index in [1.165, 1.54) is 0 Å². The Bertz CT molecular complexity index is 1260. The molecule has 1 heterocycles. The number of fused-ring (bicyclic) bond motifs is 1. The van der Waals surface area contributed by atoms with Crippen LogP contribution in [0.5, 0.6) is 0 Å². The van der Waals surface area contributed by atoms with Crippen molar-refractivity contribution in [3.8, 4) is 11.5 Å². The Morgan fingerprint density at radius 2 is 1.71 bits per heavy atom. The zero-order chi connectivity index (χ0) is 24.8. The minimum atomic E-state index is -0.942. The SMILES string of the molecule is CCC(C)C(Nc1ccc(C(=O)NCCC(=O)O)cc1)c1ccc(-c2nc3ccccc3o2)cc1. The maximum atomic E-state index is 12.2. The molecule has 2 atom stereocenters. The molecule has 0 aliphatic rings. The van der Waals surface area contributed by atoms with Gasteiger partial charge in [-0.1, -0.05) is 44.5 Å². The van der Waals surface area contributed by atoms with E-state index >= 15 is 0 Å². The standard InChI is InChI=1S/C28H29N3O4/c1-3-18(2)26(30-22-14-12-20(13-15-22)27(34)29-17-16-25(32)33)19-8-10-21(11-9-19)28-31-23-6-4-5-7-24(23)35-28/h4-15,18,26,30H,3,16-17H2,1-2H3,(H,29,34)(H,32,33). The maximum absolute atomic E-state index is 12.2. The second-order valence-corrected chi connectivity index (χ2v) is 8.59. The number of carbonyl (C=O) groups excluding carboxylic acids is 1. The predicted octanol–water partition coefficient (Wildman–Crippen LogP) is 5.90. The molecule has 0 fully saturated rings. The minimum Gasteiger partial charge on any atom is -0.481 e. The summed E-state index contributed by atoms with van der Waals surface area (Å²) < 4.78 is 5.90. The van der Waals surface area contributed by atoms with Crippen LogP contribution in [0.2, 0.25) is 0 Å². The number of nitrogens with zero attached hydrogens (tertiary/aromatic N) is 1. The third-order valence-electron chi connectivity index (χ3n) is 6.12. The molecule has 0 bridgehead atoms. The van der Waals surface area contributed by atoms with Gasteiger partial charge in [0.25, 0.3) is 5.91 Å². The highest BCUT2D eigenvalue weighted by Crippen LogP contribution is 2.31. The van der Waals surface area contributed by atoms with E-state index in [4.69, 9.17) is 9.52 Å². The zero-order valence-corrected chi connectivity index (χ0v) is 19.8. The molecule has 0 aliphatic heterocycles. The van der Waals surface area contributed by atoms with Gasteiger partial charge in [-0.25, -0.2) is 4.98 Å². The van der Waals surface area contributed by atoms with Crippen LogP contribution >= 0.6 is 0 Å². The average Bonchev–Trinajstić information content (AvgIpc) is 3.31. The molecule has 1 amide bonds. The Labute approximate surface area is 204 Å². The van der Waals surface area contributed by atoms with Crippen LogP contribution in [0.4, 0.5) is 5.69 Å². The fraction of sp³-hybridized carbons (Fsp3) is 0.250. The summed E-state index contributed by atoms with van der Waals surface area (Å²) in [4.78, 5) is 27.4. The summed E-state index contributed by atoms with van der Waals surface area (Å²) in [6.07, 6.45) is 0.891. The lowest BCUT2D eigenvalue weighted by molar-refractivity contribution is -0.136. The molecule has 0 saturated heterocycles. The molecular weight excluding hydrogens is 442 g/mol. The van der Waals surface area contributed by atoms with Gasteiger partial charge in [0.05, 0.1) is 12.5 Å². The highest BCUT2D eigenvalue weighted by Gasteiger charge is 2.19. The molecule has 3 N–H and O–H groups in total. The number of hydrogen-bond donors (Lipinski definition) is 3. The van der Waals surface area contributed by atoms with Crippen LogP contribution in [-0.4, -0.2) is 28.5 Å². The van der Waals surface area contributed by atoms with Crippen molar-refractivity contribution in [1.29, 1.82) is 0 Å². The van der Waals surface area contributed by atoms with E-state index in [0.29, 0.717) is 17.4 Å². The number of para-hydroxylation sites is 2. The number of benzene rings is 3. The van der Waals surface area contributed by atoms with Crippen molar-refractivity contribution in [2.75, 3.05) is 11.9 Å². The van der Waals surface area contributed by atoms with Crippen molar-refractivity contribution in [3.05, 3.63) is 83.9 Å². The van der Waals surface area contributed by atoms with Gasteiger partial charge >= 0.3 is 5.97 Å². The Morgan fingerprint density at radius 3 is 2.37 bits per heavy atom. The molecular formula is C28H29N3O4. The van der Waals surface area contributed by atoms with E-state index in [1.807, 2.05) is 48.5 Å². The molecule has 0 spiro atoms. The lowest BCUT2D eigenvalue weighted by Crippen LogP contribution is -2.26. The number of carboxylic acids is 1. The Kier molecular flexibility index (Phi) is 7.45. The largest absolute Gasteiger partial charge is 0.481 e. The van der Waals surface area contributed by atoms with Crippen LogP contribution in [0.3, 0.4) is 0 Å². The third kappa shape index (κ3) is 5.87. The first-order valence-corrected chi connectivity index (χ1v) is 11.8. The number of nitrogens with one attached hydrogen (secondary N) is 2. The van der Waals surface area contributed by atoms with Gasteiger partial charge in [-0.15, -0.1) is 0 Å². The number of amides is 1. The smallest absolute Gasteiger partial charge is 0.305 e. The van der Waals surface area contributed by atoms with Crippen molar-refractivity contribution >= 4 is 28.7 Å². The second-order valence-electron chi connectivity index (χ2n) is 8.59. The van der Waals surface area contributed by atoms with Gasteiger partial charge in [-0.3, -0.25) is 9.59 Å². The van der Waals surface area contributed by atoms with Gasteiger partial charge in [0.2, 0.25) is 5.89 Å². The lowest BCUT2D eigenvalue weighted by atomic mass is 9.91. The quantitative estimate of drug-likeness (QED) is 0.266. The van der Waals surface area contributed by atoms with Gasteiger partial charge in [-0.2, -0.15) is 0 Å². The summed E-state index contributed by atoms with van der Waals surface area (Å²) >= 11 is 0. The van der Waals surface area contributed by atoms with Crippen molar-refractivity contribution < 1.29 is 19.1 Å². The van der Waals surface area contributed by atoms with Crippen LogP contribution in [-0.2, 0) is 4.79 Å². The number of anilines is 1. The number of rotatable bonds is 10. The van der Waals surface area contributed by atoms with Gasteiger partial charge in [0, 0.05) is 23.4 Å². The highest BCUT2D eigenvalue weighted by atomic mass is 16.4. The van der Waals surface area contributed by atoms with Crippen molar-refractivity contribution in [1.82, 2.24) is 10.3 Å². The molecule has 35 heavy (non-hydrogen) atoms. The minimum absolute atomic E-state index is 0.0768. The Morgan fingerprint density at radius 1 is 1.00 bits per heavy atom. The van der Waals surface area contributed by atoms with E-state index in [0.717, 1.165) is 34.3 Å². The third-order valence-corrected chi connectivity index (χ3v) is 6.12. The maximum Gasteiger partial charge on any atom is 0.305 e. The number of hydrogen-bond acceptors (Lipinski definition) is 5. The van der Waals surface area contributed by atoms with E-state index in [1.54, 1.807) is 12.1 Å². The fourth-order valence-corrected chi connectivity index (χ4v) is 3.90. The molecule has 4 rings (SSSR count). The molecule has 1 aromatic heterocycles. The van der Waals surface area contributed by atoms with Gasteiger partial charge in [-0.05, 0) is 60.0 Å². The fourth-order valence-electron chi connectivity index (χ4n) is 3.90. The molecule has 0 radical (unpaired) electrons. The monoisotopic (exact) mass is 471 g/mol. The highest BCUT2D eigenvalue weighted by molar-refractivity contribution is 5.94. The summed E-state index contributed by atoms with van der Waals surface area (Å²) in [5, 5.41) is 14.9. The molecule has 7 nitrogen and oxygen atoms in total. The Hall–Kier alpha value is -4.13. The van der Waals surface area contributed by atoms with Gasteiger partial charge in [0.15, 0.2) is 5.58 Å². The molecule has 0 aliphatic carbocycles. The topological polar surface area (TPSA) is 104 Å². The van der Waals surface area contributed by atoms with E-state index in [9.17, 15) is 9.59 Å². The van der Waals surface area contributed by atoms with Crippen molar-refractivity contribution in [2.45, 2.75) is 32.7 Å². The first-order chi connectivity index (χ1) is 16.9. The van der Waals surface area contributed by atoms with Crippen LogP contribution in [0.25, 0.3) is 22.6 Å². The first-order valence-electron chi connectivity index (χ1n) is 11.8. The van der Waals surface area contributed by atoms with Gasteiger partial charge in [0.1, 0.15) is 5.52 Å².